The second kappa shape index (κ2) is 2.91. The van der Waals surface area contributed by atoms with Gasteiger partial charge in [0, 0.05) is 0 Å². The predicted octanol–water partition coefficient (Wildman–Crippen LogP) is 2.75. The monoisotopic (exact) mass is 110 g/mol. The van der Waals surface area contributed by atoms with E-state index in [-0.39, 0.29) is 0 Å². The van der Waals surface area contributed by atoms with Crippen molar-refractivity contribution >= 4 is 0 Å². The summed E-state index contributed by atoms with van der Waals surface area (Å²) in [6.45, 7) is 2.26. The van der Waals surface area contributed by atoms with Crippen LogP contribution < -0.4 is 0 Å². The van der Waals surface area contributed by atoms with Gasteiger partial charge in [-0.05, 0) is 18.8 Å². The van der Waals surface area contributed by atoms with Gasteiger partial charge in [-0.15, -0.1) is 0 Å². The summed E-state index contributed by atoms with van der Waals surface area (Å²) in [7, 11) is 0. The lowest BCUT2D eigenvalue weighted by Crippen LogP contribution is -1.90. The predicted molar refractivity (Wildman–Crippen MR) is 36.8 cm³/mol. The summed E-state index contributed by atoms with van der Waals surface area (Å²) < 4.78 is 0. The SMILES string of the molecule is CCCC1CC=CC1. The lowest BCUT2D eigenvalue weighted by molar-refractivity contribution is 0.513. The summed E-state index contributed by atoms with van der Waals surface area (Å²) in [4.78, 5) is 0. The van der Waals surface area contributed by atoms with Gasteiger partial charge in [-0.2, -0.15) is 0 Å². The van der Waals surface area contributed by atoms with Crippen LogP contribution in [0, 0.1) is 5.92 Å². The molecular formula is C8H14. The van der Waals surface area contributed by atoms with Crippen LogP contribution in [0.15, 0.2) is 12.2 Å². The van der Waals surface area contributed by atoms with Crippen LogP contribution in [0.1, 0.15) is 32.6 Å². The first-order chi connectivity index (χ1) is 3.93. The zero-order valence-corrected chi connectivity index (χ0v) is 5.56. The van der Waals surface area contributed by atoms with E-state index in [1.165, 1.54) is 25.7 Å². The van der Waals surface area contributed by atoms with Crippen molar-refractivity contribution in [1.29, 1.82) is 0 Å². The van der Waals surface area contributed by atoms with Crippen LogP contribution in [0.3, 0.4) is 0 Å². The molecule has 0 aromatic heterocycles. The van der Waals surface area contributed by atoms with Crippen LogP contribution in [-0.4, -0.2) is 0 Å². The minimum Gasteiger partial charge on any atom is -0.0882 e. The Morgan fingerprint density at radius 2 is 2.00 bits per heavy atom. The van der Waals surface area contributed by atoms with Crippen molar-refractivity contribution in [3.63, 3.8) is 0 Å². The fraction of sp³-hybridized carbons (Fsp3) is 0.750. The fourth-order valence-electron chi connectivity index (χ4n) is 1.32. The third-order valence-electron chi connectivity index (χ3n) is 1.80. The minimum atomic E-state index is 1.000. The highest BCUT2D eigenvalue weighted by Crippen LogP contribution is 2.21. The van der Waals surface area contributed by atoms with Crippen LogP contribution in [0.5, 0.6) is 0 Å². The van der Waals surface area contributed by atoms with Gasteiger partial charge in [0.25, 0.3) is 0 Å². The molecular weight excluding hydrogens is 96.1 g/mol. The molecule has 0 bridgehead atoms. The van der Waals surface area contributed by atoms with E-state index in [0.717, 1.165) is 5.92 Å². The Morgan fingerprint density at radius 1 is 1.38 bits per heavy atom. The van der Waals surface area contributed by atoms with E-state index >= 15 is 0 Å². The molecule has 0 atom stereocenters. The third-order valence-corrected chi connectivity index (χ3v) is 1.80. The molecule has 0 nitrogen and oxygen atoms in total. The average molecular weight is 110 g/mol. The highest BCUT2D eigenvalue weighted by Gasteiger charge is 2.06. The molecule has 1 rings (SSSR count). The molecule has 0 heterocycles. The van der Waals surface area contributed by atoms with E-state index in [4.69, 9.17) is 0 Å². The van der Waals surface area contributed by atoms with Gasteiger partial charge >= 0.3 is 0 Å². The molecule has 0 aliphatic heterocycles. The van der Waals surface area contributed by atoms with Gasteiger partial charge in [-0.3, -0.25) is 0 Å². The van der Waals surface area contributed by atoms with E-state index in [9.17, 15) is 0 Å². The molecule has 8 heavy (non-hydrogen) atoms. The van der Waals surface area contributed by atoms with E-state index in [2.05, 4.69) is 19.1 Å². The van der Waals surface area contributed by atoms with Crippen LogP contribution >= 0.6 is 0 Å². The Hall–Kier alpha value is -0.260. The zero-order valence-electron chi connectivity index (χ0n) is 5.56. The first kappa shape index (κ1) is 5.87. The Balaban J connectivity index is 2.10. The van der Waals surface area contributed by atoms with E-state index < -0.39 is 0 Å². The molecule has 1 aliphatic rings. The first-order valence-corrected chi connectivity index (χ1v) is 3.58. The summed E-state index contributed by atoms with van der Waals surface area (Å²) in [6.07, 6.45) is 10.1. The molecule has 0 N–H and O–H groups in total. The maximum Gasteiger partial charge on any atom is -0.0319 e. The number of rotatable bonds is 2. The Kier molecular flexibility index (Phi) is 2.13. The average Bonchev–Trinajstić information content (AvgIpc) is 2.19. The molecule has 0 unspecified atom stereocenters. The lowest BCUT2D eigenvalue weighted by atomic mass is 10.0. The maximum absolute atomic E-state index is 2.31. The van der Waals surface area contributed by atoms with Crippen molar-refractivity contribution in [3.05, 3.63) is 12.2 Å². The van der Waals surface area contributed by atoms with Crippen molar-refractivity contribution < 1.29 is 0 Å². The van der Waals surface area contributed by atoms with Crippen molar-refractivity contribution in [1.82, 2.24) is 0 Å². The Bertz CT molecular complexity index is 74.0. The molecule has 0 amide bonds. The standard InChI is InChI=1S/C8H14/c1-2-5-8-6-3-4-7-8/h3-4,8H,2,5-7H2,1H3. The summed E-state index contributed by atoms with van der Waals surface area (Å²) in [6, 6.07) is 0. The minimum absolute atomic E-state index is 1.000. The molecule has 0 fully saturated rings. The highest BCUT2D eigenvalue weighted by atomic mass is 14.1. The summed E-state index contributed by atoms with van der Waals surface area (Å²) in [5, 5.41) is 0. The molecule has 0 spiro atoms. The number of allylic oxidation sites excluding steroid dienone is 2. The van der Waals surface area contributed by atoms with Gasteiger partial charge in [0.1, 0.15) is 0 Å². The van der Waals surface area contributed by atoms with Crippen LogP contribution in [-0.2, 0) is 0 Å². The molecule has 0 aromatic carbocycles. The molecule has 46 valence electrons. The maximum atomic E-state index is 2.31. The molecule has 0 aromatic rings. The molecule has 1 aliphatic carbocycles. The molecule has 0 saturated heterocycles. The Labute approximate surface area is 51.6 Å². The van der Waals surface area contributed by atoms with Gasteiger partial charge < -0.3 is 0 Å². The second-order valence-electron chi connectivity index (χ2n) is 2.60. The van der Waals surface area contributed by atoms with Crippen molar-refractivity contribution in [2.75, 3.05) is 0 Å². The van der Waals surface area contributed by atoms with Gasteiger partial charge in [0.05, 0.1) is 0 Å². The van der Waals surface area contributed by atoms with Crippen LogP contribution in [0.25, 0.3) is 0 Å². The van der Waals surface area contributed by atoms with E-state index in [0.29, 0.717) is 0 Å². The molecule has 0 saturated carbocycles. The van der Waals surface area contributed by atoms with Gasteiger partial charge in [0.15, 0.2) is 0 Å². The Morgan fingerprint density at radius 3 is 2.50 bits per heavy atom. The normalized spacial score (nSPS) is 20.1. The zero-order chi connectivity index (χ0) is 5.82. The lowest BCUT2D eigenvalue weighted by Gasteiger charge is -2.03. The van der Waals surface area contributed by atoms with Crippen molar-refractivity contribution in [2.45, 2.75) is 32.6 Å². The molecule has 0 radical (unpaired) electrons. The smallest absolute Gasteiger partial charge is 0.0319 e. The number of hydrogen-bond acceptors (Lipinski definition) is 0. The first-order valence-electron chi connectivity index (χ1n) is 3.58. The largest absolute Gasteiger partial charge is 0.0882 e. The van der Waals surface area contributed by atoms with E-state index in [1.807, 2.05) is 0 Å². The van der Waals surface area contributed by atoms with Crippen LogP contribution in [0.2, 0.25) is 0 Å². The van der Waals surface area contributed by atoms with E-state index in [1.54, 1.807) is 0 Å². The topological polar surface area (TPSA) is 0 Å². The summed E-state index contributed by atoms with van der Waals surface area (Å²) in [5.41, 5.74) is 0. The second-order valence-corrected chi connectivity index (χ2v) is 2.60. The quantitative estimate of drug-likeness (QED) is 0.479. The van der Waals surface area contributed by atoms with Gasteiger partial charge in [0.2, 0.25) is 0 Å². The highest BCUT2D eigenvalue weighted by molar-refractivity contribution is 4.93. The molecule has 0 heteroatoms. The fourth-order valence-corrected chi connectivity index (χ4v) is 1.32. The van der Waals surface area contributed by atoms with Crippen molar-refractivity contribution in [2.24, 2.45) is 5.92 Å². The third kappa shape index (κ3) is 1.36. The summed E-state index contributed by atoms with van der Waals surface area (Å²) >= 11 is 0. The van der Waals surface area contributed by atoms with Crippen molar-refractivity contribution in [3.8, 4) is 0 Å². The van der Waals surface area contributed by atoms with Crippen LogP contribution in [0.4, 0.5) is 0 Å². The van der Waals surface area contributed by atoms with Gasteiger partial charge in [-0.25, -0.2) is 0 Å². The summed E-state index contributed by atoms with van der Waals surface area (Å²) in [5.74, 6) is 1.000. The number of hydrogen-bond donors (Lipinski definition) is 0. The van der Waals surface area contributed by atoms with Gasteiger partial charge in [-0.1, -0.05) is 31.9 Å².